The molecular formula is C18H27N5S. The molecule has 2 N–H and O–H groups in total. The van der Waals surface area contributed by atoms with Crippen LogP contribution in [-0.2, 0) is 5.75 Å². The molecule has 1 aliphatic heterocycles. The smallest absolute Gasteiger partial charge is 0.0991 e. The Kier molecular flexibility index (Phi) is 6.72. The van der Waals surface area contributed by atoms with Gasteiger partial charge in [0, 0.05) is 75.4 Å². The van der Waals surface area contributed by atoms with Gasteiger partial charge in [-0.05, 0) is 17.7 Å². The molecule has 0 unspecified atom stereocenters. The number of benzene rings is 1. The highest BCUT2D eigenvalue weighted by Gasteiger charge is 2.15. The van der Waals surface area contributed by atoms with Crippen molar-refractivity contribution in [2.45, 2.75) is 5.75 Å². The second kappa shape index (κ2) is 9.22. The van der Waals surface area contributed by atoms with Gasteiger partial charge in [0.25, 0.3) is 0 Å². The van der Waals surface area contributed by atoms with Gasteiger partial charge >= 0.3 is 0 Å². The number of nitrogens with two attached hydrogens (primary N) is 1. The maximum atomic E-state index is 5.62. The van der Waals surface area contributed by atoms with Crippen molar-refractivity contribution in [3.8, 4) is 5.69 Å². The lowest BCUT2D eigenvalue weighted by atomic mass is 10.2. The first-order valence-corrected chi connectivity index (χ1v) is 9.80. The Bertz CT molecular complexity index is 576. The molecule has 0 spiro atoms. The van der Waals surface area contributed by atoms with Gasteiger partial charge in [-0.15, -0.1) is 0 Å². The van der Waals surface area contributed by atoms with Crippen LogP contribution in [0.25, 0.3) is 5.69 Å². The lowest BCUT2D eigenvalue weighted by molar-refractivity contribution is 0.141. The summed E-state index contributed by atoms with van der Waals surface area (Å²) in [6.07, 6.45) is 5.60. The summed E-state index contributed by atoms with van der Waals surface area (Å²) in [7, 11) is 0. The molecule has 1 fully saturated rings. The van der Waals surface area contributed by atoms with Gasteiger partial charge in [0.15, 0.2) is 0 Å². The molecule has 1 saturated heterocycles. The van der Waals surface area contributed by atoms with Crippen LogP contribution < -0.4 is 5.73 Å². The van der Waals surface area contributed by atoms with Gasteiger partial charge in [0.1, 0.15) is 0 Å². The summed E-state index contributed by atoms with van der Waals surface area (Å²) in [5.74, 6) is 2.28. The topological polar surface area (TPSA) is 50.3 Å². The van der Waals surface area contributed by atoms with Crippen LogP contribution >= 0.6 is 11.8 Å². The molecule has 1 aromatic heterocycles. The summed E-state index contributed by atoms with van der Waals surface area (Å²) >= 11 is 2.02. The van der Waals surface area contributed by atoms with Crippen LogP contribution in [0.4, 0.5) is 0 Å². The minimum absolute atomic E-state index is 0.773. The molecule has 0 bridgehead atoms. The molecule has 0 aliphatic carbocycles. The average molecular weight is 346 g/mol. The minimum Gasteiger partial charge on any atom is -0.329 e. The molecule has 0 amide bonds. The molecule has 2 heterocycles. The number of imidazole rings is 1. The molecule has 24 heavy (non-hydrogen) atoms. The first kappa shape index (κ1) is 17.5. The Balaban J connectivity index is 1.34. The number of hydrogen-bond donors (Lipinski definition) is 1. The Morgan fingerprint density at radius 3 is 2.33 bits per heavy atom. The van der Waals surface area contributed by atoms with Crippen LogP contribution in [0.5, 0.6) is 0 Å². The van der Waals surface area contributed by atoms with E-state index in [2.05, 4.69) is 39.0 Å². The molecule has 1 aliphatic rings. The molecule has 0 saturated carbocycles. The molecule has 5 nitrogen and oxygen atoms in total. The zero-order chi connectivity index (χ0) is 16.6. The molecule has 0 radical (unpaired) electrons. The minimum atomic E-state index is 0.773. The largest absolute Gasteiger partial charge is 0.329 e. The standard InChI is InChI=1S/C18H27N5S/c19-5-7-21-9-11-22(12-10-21)13-14-24-15-17-1-3-18(4-2-17)23-8-6-20-16-23/h1-4,6,8,16H,5,7,9-15,19H2. The fourth-order valence-electron chi connectivity index (χ4n) is 2.98. The Morgan fingerprint density at radius 2 is 1.71 bits per heavy atom. The number of aromatic nitrogens is 2. The summed E-state index contributed by atoms with van der Waals surface area (Å²) in [5.41, 5.74) is 8.17. The number of rotatable bonds is 8. The Hall–Kier alpha value is -1.34. The molecule has 130 valence electrons. The summed E-state index contributed by atoms with van der Waals surface area (Å²) in [6.45, 7) is 7.69. The number of nitrogens with zero attached hydrogens (tertiary/aromatic N) is 4. The number of thioether (sulfide) groups is 1. The van der Waals surface area contributed by atoms with Gasteiger partial charge in [-0.2, -0.15) is 11.8 Å². The van der Waals surface area contributed by atoms with E-state index in [9.17, 15) is 0 Å². The fraction of sp³-hybridized carbons (Fsp3) is 0.500. The van der Waals surface area contributed by atoms with E-state index in [1.807, 2.05) is 28.9 Å². The van der Waals surface area contributed by atoms with Gasteiger partial charge in [-0.1, -0.05) is 12.1 Å². The van der Waals surface area contributed by atoms with Gasteiger partial charge in [-0.3, -0.25) is 9.80 Å². The lowest BCUT2D eigenvalue weighted by Crippen LogP contribution is -2.48. The Labute approximate surface area is 148 Å². The van der Waals surface area contributed by atoms with Gasteiger partial charge in [0.2, 0.25) is 0 Å². The van der Waals surface area contributed by atoms with Crippen molar-refractivity contribution in [2.75, 3.05) is 51.6 Å². The van der Waals surface area contributed by atoms with Crippen molar-refractivity contribution >= 4 is 11.8 Å². The van der Waals surface area contributed by atoms with E-state index in [4.69, 9.17) is 5.73 Å². The molecule has 3 rings (SSSR count). The third-order valence-electron chi connectivity index (χ3n) is 4.47. The molecular weight excluding hydrogens is 318 g/mol. The molecule has 2 aromatic rings. The van der Waals surface area contributed by atoms with Gasteiger partial charge < -0.3 is 10.3 Å². The monoisotopic (exact) mass is 345 g/mol. The molecule has 0 atom stereocenters. The van der Waals surface area contributed by atoms with Crippen LogP contribution in [0.1, 0.15) is 5.56 Å². The normalized spacial score (nSPS) is 16.5. The van der Waals surface area contributed by atoms with E-state index in [1.165, 1.54) is 31.0 Å². The van der Waals surface area contributed by atoms with Crippen LogP contribution in [0.15, 0.2) is 43.0 Å². The maximum Gasteiger partial charge on any atom is 0.0991 e. The summed E-state index contributed by atoms with van der Waals surface area (Å²) in [4.78, 5) is 9.12. The van der Waals surface area contributed by atoms with E-state index in [-0.39, 0.29) is 0 Å². The highest BCUT2D eigenvalue weighted by molar-refractivity contribution is 7.98. The Morgan fingerprint density at radius 1 is 1.00 bits per heavy atom. The fourth-order valence-corrected chi connectivity index (χ4v) is 3.94. The summed E-state index contributed by atoms with van der Waals surface area (Å²) in [5, 5.41) is 0. The van der Waals surface area contributed by atoms with Crippen molar-refractivity contribution in [1.29, 1.82) is 0 Å². The first-order valence-electron chi connectivity index (χ1n) is 8.65. The summed E-state index contributed by atoms with van der Waals surface area (Å²) < 4.78 is 2.03. The predicted molar refractivity (Wildman–Crippen MR) is 102 cm³/mol. The van der Waals surface area contributed by atoms with E-state index in [0.717, 1.165) is 37.6 Å². The highest BCUT2D eigenvalue weighted by atomic mass is 32.2. The zero-order valence-electron chi connectivity index (χ0n) is 14.2. The van der Waals surface area contributed by atoms with Crippen LogP contribution in [0.2, 0.25) is 0 Å². The number of piperazine rings is 1. The van der Waals surface area contributed by atoms with Crippen molar-refractivity contribution in [1.82, 2.24) is 19.4 Å². The highest BCUT2D eigenvalue weighted by Crippen LogP contribution is 2.15. The van der Waals surface area contributed by atoms with E-state index >= 15 is 0 Å². The average Bonchev–Trinajstić information content (AvgIpc) is 3.16. The van der Waals surface area contributed by atoms with Crippen LogP contribution in [0.3, 0.4) is 0 Å². The van der Waals surface area contributed by atoms with Gasteiger partial charge in [-0.25, -0.2) is 4.98 Å². The van der Waals surface area contributed by atoms with E-state index in [1.54, 1.807) is 6.20 Å². The maximum absolute atomic E-state index is 5.62. The zero-order valence-corrected chi connectivity index (χ0v) is 15.0. The van der Waals surface area contributed by atoms with Crippen molar-refractivity contribution < 1.29 is 0 Å². The quantitative estimate of drug-likeness (QED) is 0.738. The SMILES string of the molecule is NCCN1CCN(CCSCc2ccc(-n3ccnc3)cc2)CC1. The van der Waals surface area contributed by atoms with Crippen molar-refractivity contribution in [3.63, 3.8) is 0 Å². The third kappa shape index (κ3) is 5.08. The second-order valence-electron chi connectivity index (χ2n) is 6.16. The van der Waals surface area contributed by atoms with E-state index < -0.39 is 0 Å². The molecule has 1 aromatic carbocycles. The summed E-state index contributed by atoms with van der Waals surface area (Å²) in [6, 6.07) is 8.75. The van der Waals surface area contributed by atoms with E-state index in [0.29, 0.717) is 0 Å². The van der Waals surface area contributed by atoms with Gasteiger partial charge in [0.05, 0.1) is 6.33 Å². The first-order chi connectivity index (χ1) is 11.8. The third-order valence-corrected chi connectivity index (χ3v) is 5.48. The lowest BCUT2D eigenvalue weighted by Gasteiger charge is -2.34. The molecule has 6 heteroatoms. The predicted octanol–water partition coefficient (Wildman–Crippen LogP) is 1.68. The van der Waals surface area contributed by atoms with Crippen molar-refractivity contribution in [3.05, 3.63) is 48.5 Å². The van der Waals surface area contributed by atoms with Crippen LogP contribution in [0, 0.1) is 0 Å². The van der Waals surface area contributed by atoms with Crippen LogP contribution in [-0.4, -0.2) is 70.9 Å². The van der Waals surface area contributed by atoms with Crippen molar-refractivity contribution in [2.24, 2.45) is 5.73 Å². The second-order valence-corrected chi connectivity index (χ2v) is 7.27. The number of hydrogen-bond acceptors (Lipinski definition) is 5.